The highest BCUT2D eigenvalue weighted by Gasteiger charge is 2.40. The van der Waals surface area contributed by atoms with Gasteiger partial charge in [0.25, 0.3) is 0 Å². The summed E-state index contributed by atoms with van der Waals surface area (Å²) in [5.74, 6) is -1.25. The first-order chi connectivity index (χ1) is 6.60. The number of ether oxygens (including phenoxy) is 1. The third kappa shape index (κ3) is 2.13. The van der Waals surface area contributed by atoms with E-state index in [4.69, 9.17) is 9.84 Å². The van der Waals surface area contributed by atoms with Crippen molar-refractivity contribution in [2.45, 2.75) is 26.2 Å². The first-order valence-corrected chi connectivity index (χ1v) is 4.65. The number of carboxylic acid groups (broad SMARTS) is 1. The molecular formula is C10H14O4. The van der Waals surface area contributed by atoms with E-state index in [1.165, 1.54) is 0 Å². The molecule has 0 amide bonds. The van der Waals surface area contributed by atoms with Crippen molar-refractivity contribution in [2.24, 2.45) is 5.41 Å². The maximum absolute atomic E-state index is 11.0. The van der Waals surface area contributed by atoms with Crippen LogP contribution in [0.1, 0.15) is 26.2 Å². The van der Waals surface area contributed by atoms with Crippen molar-refractivity contribution < 1.29 is 19.4 Å². The molecule has 1 aliphatic carbocycles. The lowest BCUT2D eigenvalue weighted by atomic mass is 9.86. The Morgan fingerprint density at radius 2 is 2.00 bits per heavy atom. The van der Waals surface area contributed by atoms with Crippen molar-refractivity contribution in [2.75, 3.05) is 6.61 Å². The lowest BCUT2D eigenvalue weighted by Gasteiger charge is -2.22. The van der Waals surface area contributed by atoms with Crippen LogP contribution in [0.25, 0.3) is 0 Å². The molecule has 0 saturated heterocycles. The van der Waals surface area contributed by atoms with E-state index in [-0.39, 0.29) is 19.0 Å². The molecule has 78 valence electrons. The Kier molecular flexibility index (Phi) is 3.28. The van der Waals surface area contributed by atoms with Gasteiger partial charge in [0, 0.05) is 6.42 Å². The summed E-state index contributed by atoms with van der Waals surface area (Å²) in [7, 11) is 0. The minimum absolute atomic E-state index is 0.0258. The molecule has 1 rings (SSSR count). The van der Waals surface area contributed by atoms with E-state index in [1.54, 1.807) is 6.92 Å². The van der Waals surface area contributed by atoms with E-state index in [0.29, 0.717) is 12.8 Å². The predicted octanol–water partition coefficient (Wildman–Crippen LogP) is 1.36. The molecule has 1 aliphatic rings. The van der Waals surface area contributed by atoms with Gasteiger partial charge in [0.2, 0.25) is 0 Å². The standard InChI is InChI=1S/C10H14O4/c1-2-8(11)14-7-10(9(12)13)5-3-4-6-10/h3-4H,2,5-7H2,1H3,(H,12,13). The van der Waals surface area contributed by atoms with Crippen LogP contribution in [0.4, 0.5) is 0 Å². The van der Waals surface area contributed by atoms with Crippen LogP contribution in [0.3, 0.4) is 0 Å². The highest BCUT2D eigenvalue weighted by atomic mass is 16.5. The Morgan fingerprint density at radius 1 is 1.43 bits per heavy atom. The number of hydrogen-bond donors (Lipinski definition) is 1. The second-order valence-electron chi connectivity index (χ2n) is 3.48. The fourth-order valence-electron chi connectivity index (χ4n) is 1.38. The average molecular weight is 198 g/mol. The van der Waals surface area contributed by atoms with Crippen molar-refractivity contribution in [1.82, 2.24) is 0 Å². The maximum atomic E-state index is 11.0. The molecular weight excluding hydrogens is 184 g/mol. The smallest absolute Gasteiger partial charge is 0.313 e. The number of carbonyl (C=O) groups excluding carboxylic acids is 1. The summed E-state index contributed by atoms with van der Waals surface area (Å²) in [6.07, 6.45) is 4.80. The van der Waals surface area contributed by atoms with E-state index < -0.39 is 11.4 Å². The summed E-state index contributed by atoms with van der Waals surface area (Å²) >= 11 is 0. The van der Waals surface area contributed by atoms with Crippen LogP contribution >= 0.6 is 0 Å². The van der Waals surface area contributed by atoms with Crippen molar-refractivity contribution in [3.63, 3.8) is 0 Å². The first kappa shape index (κ1) is 10.8. The van der Waals surface area contributed by atoms with Crippen molar-refractivity contribution in [1.29, 1.82) is 0 Å². The van der Waals surface area contributed by atoms with Gasteiger partial charge in [-0.1, -0.05) is 19.1 Å². The fraction of sp³-hybridized carbons (Fsp3) is 0.600. The van der Waals surface area contributed by atoms with E-state index in [2.05, 4.69) is 0 Å². The van der Waals surface area contributed by atoms with Crippen LogP contribution in [0.15, 0.2) is 12.2 Å². The molecule has 0 radical (unpaired) electrons. The molecule has 0 aromatic rings. The van der Waals surface area contributed by atoms with Crippen LogP contribution in [-0.4, -0.2) is 23.7 Å². The highest BCUT2D eigenvalue weighted by Crippen LogP contribution is 2.33. The SMILES string of the molecule is CCC(=O)OCC1(C(=O)O)CC=CC1. The van der Waals surface area contributed by atoms with Gasteiger partial charge < -0.3 is 9.84 Å². The number of hydrogen-bond acceptors (Lipinski definition) is 3. The minimum atomic E-state index is -0.912. The number of esters is 1. The summed E-state index contributed by atoms with van der Waals surface area (Å²) in [4.78, 5) is 21.9. The molecule has 0 bridgehead atoms. The Bertz CT molecular complexity index is 259. The van der Waals surface area contributed by atoms with Gasteiger partial charge in [0.15, 0.2) is 0 Å². The quantitative estimate of drug-likeness (QED) is 0.547. The normalized spacial score (nSPS) is 18.1. The molecule has 4 nitrogen and oxygen atoms in total. The Balaban J connectivity index is 2.53. The summed E-state index contributed by atoms with van der Waals surface area (Å²) in [6.45, 7) is 1.66. The molecule has 0 spiro atoms. The Hall–Kier alpha value is -1.32. The number of allylic oxidation sites excluding steroid dienone is 2. The van der Waals surface area contributed by atoms with Gasteiger partial charge in [-0.05, 0) is 12.8 Å². The molecule has 0 aliphatic heterocycles. The summed E-state index contributed by atoms with van der Waals surface area (Å²) in [6, 6.07) is 0. The molecule has 0 aromatic carbocycles. The van der Waals surface area contributed by atoms with Gasteiger partial charge in [0.05, 0.1) is 0 Å². The van der Waals surface area contributed by atoms with Gasteiger partial charge in [0.1, 0.15) is 12.0 Å². The molecule has 0 aromatic heterocycles. The zero-order valence-corrected chi connectivity index (χ0v) is 8.16. The van der Waals surface area contributed by atoms with Crippen LogP contribution in [0.2, 0.25) is 0 Å². The monoisotopic (exact) mass is 198 g/mol. The van der Waals surface area contributed by atoms with Gasteiger partial charge in [-0.15, -0.1) is 0 Å². The van der Waals surface area contributed by atoms with Crippen molar-refractivity contribution in [3.8, 4) is 0 Å². The number of rotatable bonds is 4. The molecule has 0 saturated carbocycles. The molecule has 0 unspecified atom stereocenters. The lowest BCUT2D eigenvalue weighted by molar-refractivity contribution is -0.158. The summed E-state index contributed by atoms with van der Waals surface area (Å²) < 4.78 is 4.88. The Labute approximate surface area is 82.6 Å². The second kappa shape index (κ2) is 4.26. The first-order valence-electron chi connectivity index (χ1n) is 4.65. The molecule has 0 fully saturated rings. The lowest BCUT2D eigenvalue weighted by Crippen LogP contribution is -2.34. The highest BCUT2D eigenvalue weighted by molar-refractivity contribution is 5.77. The van der Waals surface area contributed by atoms with Crippen molar-refractivity contribution in [3.05, 3.63) is 12.2 Å². The van der Waals surface area contributed by atoms with Crippen LogP contribution in [-0.2, 0) is 14.3 Å². The third-order valence-electron chi connectivity index (χ3n) is 2.44. The van der Waals surface area contributed by atoms with E-state index in [0.717, 1.165) is 0 Å². The van der Waals surface area contributed by atoms with Crippen LogP contribution < -0.4 is 0 Å². The van der Waals surface area contributed by atoms with E-state index >= 15 is 0 Å². The number of carbonyl (C=O) groups is 2. The van der Waals surface area contributed by atoms with Gasteiger partial charge >= 0.3 is 11.9 Å². The minimum Gasteiger partial charge on any atom is -0.481 e. The second-order valence-corrected chi connectivity index (χ2v) is 3.48. The topological polar surface area (TPSA) is 63.6 Å². The zero-order chi connectivity index (χ0) is 10.6. The molecule has 4 heteroatoms. The average Bonchev–Trinajstić information content (AvgIpc) is 2.64. The van der Waals surface area contributed by atoms with Crippen LogP contribution in [0, 0.1) is 5.41 Å². The molecule has 0 atom stereocenters. The zero-order valence-electron chi connectivity index (χ0n) is 8.16. The van der Waals surface area contributed by atoms with Gasteiger partial charge in [-0.25, -0.2) is 0 Å². The molecule has 1 N–H and O–H groups in total. The predicted molar refractivity (Wildman–Crippen MR) is 49.7 cm³/mol. The molecule has 14 heavy (non-hydrogen) atoms. The third-order valence-corrected chi connectivity index (χ3v) is 2.44. The van der Waals surface area contributed by atoms with Crippen molar-refractivity contribution >= 4 is 11.9 Å². The largest absolute Gasteiger partial charge is 0.481 e. The summed E-state index contributed by atoms with van der Waals surface area (Å²) in [5.41, 5.74) is -0.912. The van der Waals surface area contributed by atoms with Gasteiger partial charge in [-0.2, -0.15) is 0 Å². The molecule has 0 heterocycles. The van der Waals surface area contributed by atoms with Crippen LogP contribution in [0.5, 0.6) is 0 Å². The number of aliphatic carboxylic acids is 1. The maximum Gasteiger partial charge on any atom is 0.313 e. The fourth-order valence-corrected chi connectivity index (χ4v) is 1.38. The number of carboxylic acids is 1. The van der Waals surface area contributed by atoms with E-state index in [1.807, 2.05) is 12.2 Å². The van der Waals surface area contributed by atoms with E-state index in [9.17, 15) is 9.59 Å². The summed E-state index contributed by atoms with van der Waals surface area (Å²) in [5, 5.41) is 9.02. The Morgan fingerprint density at radius 3 is 2.43 bits per heavy atom. The van der Waals surface area contributed by atoms with Gasteiger partial charge in [-0.3, -0.25) is 9.59 Å².